The van der Waals surface area contributed by atoms with E-state index in [1.807, 2.05) is 19.0 Å². The van der Waals surface area contributed by atoms with Crippen LogP contribution in [0, 0.1) is 0 Å². The molecule has 1 rings (SSSR count). The lowest BCUT2D eigenvalue weighted by Crippen LogP contribution is -2.52. The zero-order chi connectivity index (χ0) is 13.2. The van der Waals surface area contributed by atoms with E-state index in [0.717, 1.165) is 4.90 Å². The van der Waals surface area contributed by atoms with Gasteiger partial charge in [-0.2, -0.15) is 8.78 Å². The van der Waals surface area contributed by atoms with Crippen LogP contribution in [0.25, 0.3) is 0 Å². The van der Waals surface area contributed by atoms with E-state index >= 15 is 0 Å². The molecule has 17 heavy (non-hydrogen) atoms. The molecule has 0 N–H and O–H groups in total. The van der Waals surface area contributed by atoms with Gasteiger partial charge in [-0.3, -0.25) is 4.79 Å². The minimum atomic E-state index is -4.56. The molecule has 0 aliphatic carbocycles. The number of piperidine rings is 1. The summed E-state index contributed by atoms with van der Waals surface area (Å²) in [4.78, 5) is 14.0. The van der Waals surface area contributed by atoms with E-state index in [4.69, 9.17) is 0 Å². The van der Waals surface area contributed by atoms with Gasteiger partial charge >= 0.3 is 12.3 Å². The summed E-state index contributed by atoms with van der Waals surface area (Å²) in [5.74, 6) is -6.32. The summed E-state index contributed by atoms with van der Waals surface area (Å²) in [6.07, 6.45) is -2.89. The summed E-state index contributed by atoms with van der Waals surface area (Å²) in [7, 11) is 3.71. The number of halogens is 4. The smallest absolute Gasteiger partial charge is 0.337 e. The Bertz CT molecular complexity index is 275. The van der Waals surface area contributed by atoms with E-state index in [9.17, 15) is 22.4 Å². The molecule has 0 unspecified atom stereocenters. The fourth-order valence-electron chi connectivity index (χ4n) is 1.89. The van der Waals surface area contributed by atoms with Crippen molar-refractivity contribution in [3.63, 3.8) is 0 Å². The van der Waals surface area contributed by atoms with Crippen LogP contribution >= 0.6 is 0 Å². The summed E-state index contributed by atoms with van der Waals surface area (Å²) in [5.41, 5.74) is 0. The van der Waals surface area contributed by atoms with Gasteiger partial charge in [-0.1, -0.05) is 0 Å². The van der Waals surface area contributed by atoms with Crippen LogP contribution in [-0.4, -0.2) is 61.3 Å². The fourth-order valence-corrected chi connectivity index (χ4v) is 1.89. The first-order valence-electron chi connectivity index (χ1n) is 5.38. The Hall–Kier alpha value is -0.850. The van der Waals surface area contributed by atoms with E-state index < -0.39 is 18.3 Å². The van der Waals surface area contributed by atoms with Crippen molar-refractivity contribution in [3.05, 3.63) is 0 Å². The molecule has 1 heterocycles. The van der Waals surface area contributed by atoms with Gasteiger partial charge in [0.1, 0.15) is 0 Å². The van der Waals surface area contributed by atoms with Crippen molar-refractivity contribution in [2.75, 3.05) is 27.2 Å². The van der Waals surface area contributed by atoms with Gasteiger partial charge < -0.3 is 9.80 Å². The quantitative estimate of drug-likeness (QED) is 0.713. The molecule has 1 saturated heterocycles. The van der Waals surface area contributed by atoms with Gasteiger partial charge in [0, 0.05) is 19.1 Å². The van der Waals surface area contributed by atoms with Crippen LogP contribution in [0.3, 0.4) is 0 Å². The molecular weight excluding hydrogens is 240 g/mol. The van der Waals surface area contributed by atoms with Crippen molar-refractivity contribution in [2.24, 2.45) is 0 Å². The third-order valence-corrected chi connectivity index (χ3v) is 3.04. The highest BCUT2D eigenvalue weighted by Gasteiger charge is 2.51. The van der Waals surface area contributed by atoms with Crippen LogP contribution in [0.1, 0.15) is 12.8 Å². The van der Waals surface area contributed by atoms with E-state index in [-0.39, 0.29) is 19.1 Å². The average molecular weight is 256 g/mol. The number of carbonyl (C=O) groups excluding carboxylic acids is 1. The van der Waals surface area contributed by atoms with Crippen LogP contribution in [0.4, 0.5) is 17.6 Å². The highest BCUT2D eigenvalue weighted by atomic mass is 19.3. The van der Waals surface area contributed by atoms with Crippen LogP contribution in [0.15, 0.2) is 0 Å². The van der Waals surface area contributed by atoms with Crippen molar-refractivity contribution in [1.82, 2.24) is 9.80 Å². The molecule has 0 saturated carbocycles. The molecular formula is C10H16F4N2O. The zero-order valence-corrected chi connectivity index (χ0v) is 9.80. The summed E-state index contributed by atoms with van der Waals surface area (Å²) in [5, 5.41) is 0. The predicted molar refractivity (Wildman–Crippen MR) is 54.2 cm³/mol. The molecule has 1 aliphatic rings. The Morgan fingerprint density at radius 3 is 2.12 bits per heavy atom. The first kappa shape index (κ1) is 14.2. The zero-order valence-electron chi connectivity index (χ0n) is 9.80. The van der Waals surface area contributed by atoms with E-state index in [1.54, 1.807) is 0 Å². The van der Waals surface area contributed by atoms with Gasteiger partial charge in [-0.05, 0) is 26.9 Å². The van der Waals surface area contributed by atoms with Gasteiger partial charge in [0.2, 0.25) is 0 Å². The van der Waals surface area contributed by atoms with E-state index in [0.29, 0.717) is 12.8 Å². The number of rotatable bonds is 3. The van der Waals surface area contributed by atoms with Crippen LogP contribution in [0.5, 0.6) is 0 Å². The van der Waals surface area contributed by atoms with Crippen molar-refractivity contribution in [2.45, 2.75) is 31.2 Å². The Kier molecular flexibility index (Phi) is 4.35. The SMILES string of the molecule is CN(C)C1CCN(C(=O)C(F)(F)C(F)F)CC1. The number of amides is 1. The second-order valence-corrected chi connectivity index (χ2v) is 4.41. The van der Waals surface area contributed by atoms with Crippen molar-refractivity contribution >= 4 is 5.91 Å². The highest BCUT2D eigenvalue weighted by Crippen LogP contribution is 2.27. The van der Waals surface area contributed by atoms with Gasteiger partial charge in [-0.25, -0.2) is 8.78 Å². The maximum Gasteiger partial charge on any atom is 0.383 e. The molecule has 0 aromatic heterocycles. The van der Waals surface area contributed by atoms with Gasteiger partial charge in [-0.15, -0.1) is 0 Å². The molecule has 0 aromatic rings. The average Bonchev–Trinajstić information content (AvgIpc) is 2.27. The molecule has 100 valence electrons. The Morgan fingerprint density at radius 2 is 1.76 bits per heavy atom. The van der Waals surface area contributed by atoms with E-state index in [2.05, 4.69) is 0 Å². The van der Waals surface area contributed by atoms with Gasteiger partial charge in [0.15, 0.2) is 0 Å². The van der Waals surface area contributed by atoms with Crippen LogP contribution < -0.4 is 0 Å². The maximum atomic E-state index is 12.8. The number of hydrogen-bond acceptors (Lipinski definition) is 2. The van der Waals surface area contributed by atoms with Crippen molar-refractivity contribution in [3.8, 4) is 0 Å². The second kappa shape index (κ2) is 5.20. The minimum absolute atomic E-state index is 0.101. The summed E-state index contributed by atoms with van der Waals surface area (Å²) >= 11 is 0. The third kappa shape index (κ3) is 3.08. The molecule has 7 heteroatoms. The Labute approximate surface area is 97.4 Å². The Balaban J connectivity index is 2.57. The van der Waals surface area contributed by atoms with Gasteiger partial charge in [0.25, 0.3) is 5.91 Å². The second-order valence-electron chi connectivity index (χ2n) is 4.41. The first-order valence-corrected chi connectivity index (χ1v) is 5.38. The summed E-state index contributed by atoms with van der Waals surface area (Å²) < 4.78 is 49.7. The predicted octanol–water partition coefficient (Wildman–Crippen LogP) is 1.44. The first-order chi connectivity index (χ1) is 7.76. The van der Waals surface area contributed by atoms with Crippen molar-refractivity contribution < 1.29 is 22.4 Å². The molecule has 1 amide bonds. The van der Waals surface area contributed by atoms with Crippen LogP contribution in [0.2, 0.25) is 0 Å². The van der Waals surface area contributed by atoms with Gasteiger partial charge in [0.05, 0.1) is 0 Å². The number of carbonyl (C=O) groups is 1. The minimum Gasteiger partial charge on any atom is -0.337 e. The van der Waals surface area contributed by atoms with Crippen molar-refractivity contribution in [1.29, 1.82) is 0 Å². The molecule has 0 spiro atoms. The number of alkyl halides is 4. The number of nitrogens with zero attached hydrogens (tertiary/aromatic N) is 2. The maximum absolute atomic E-state index is 12.8. The molecule has 0 bridgehead atoms. The molecule has 1 aliphatic heterocycles. The summed E-state index contributed by atoms with van der Waals surface area (Å²) in [6.45, 7) is 0.202. The molecule has 3 nitrogen and oxygen atoms in total. The number of hydrogen-bond donors (Lipinski definition) is 0. The monoisotopic (exact) mass is 256 g/mol. The highest BCUT2D eigenvalue weighted by molar-refractivity contribution is 5.84. The lowest BCUT2D eigenvalue weighted by Gasteiger charge is -2.36. The number of likely N-dealkylation sites (tertiary alicyclic amines) is 1. The third-order valence-electron chi connectivity index (χ3n) is 3.04. The molecule has 0 atom stereocenters. The molecule has 1 fully saturated rings. The van der Waals surface area contributed by atoms with E-state index in [1.165, 1.54) is 0 Å². The lowest BCUT2D eigenvalue weighted by atomic mass is 10.0. The lowest BCUT2D eigenvalue weighted by molar-refractivity contribution is -0.181. The normalized spacial score (nSPS) is 19.2. The Morgan fingerprint density at radius 1 is 1.29 bits per heavy atom. The summed E-state index contributed by atoms with van der Waals surface area (Å²) in [6, 6.07) is 0.208. The molecule has 0 aromatic carbocycles. The standard InChI is InChI=1S/C10H16F4N2O/c1-15(2)7-3-5-16(6-4-7)9(17)10(13,14)8(11)12/h7-8H,3-6H2,1-2H3. The van der Waals surface area contributed by atoms with Crippen LogP contribution in [-0.2, 0) is 4.79 Å². The fraction of sp³-hybridized carbons (Fsp3) is 0.900. The largest absolute Gasteiger partial charge is 0.383 e. The topological polar surface area (TPSA) is 23.6 Å². The molecule has 0 radical (unpaired) electrons.